The number of carbonyl (C=O) groups excluding carboxylic acids is 1. The van der Waals surface area contributed by atoms with Crippen LogP contribution in [0.5, 0.6) is 5.75 Å². The zero-order chi connectivity index (χ0) is 17.8. The van der Waals surface area contributed by atoms with Gasteiger partial charge in [-0.15, -0.1) is 12.4 Å². The van der Waals surface area contributed by atoms with Gasteiger partial charge in [0.05, 0.1) is 7.11 Å². The fourth-order valence-corrected chi connectivity index (χ4v) is 2.80. The van der Waals surface area contributed by atoms with Crippen LogP contribution in [0.4, 0.5) is 0 Å². The molecule has 0 saturated heterocycles. The second-order valence-electron chi connectivity index (χ2n) is 5.86. The van der Waals surface area contributed by atoms with Gasteiger partial charge < -0.3 is 19.4 Å². The number of fused-ring (bicyclic) bond motifs is 1. The molecule has 1 amide bonds. The summed E-state index contributed by atoms with van der Waals surface area (Å²) in [6.07, 6.45) is 0. The summed E-state index contributed by atoms with van der Waals surface area (Å²) in [5.41, 5.74) is 2.42. The zero-order valence-corrected chi connectivity index (χ0v) is 15.9. The molecule has 26 heavy (non-hydrogen) atoms. The van der Waals surface area contributed by atoms with Gasteiger partial charge in [-0.05, 0) is 24.7 Å². The standard InChI is InChI=1S/C20H22N2O3.ClH/c1-21-11-12-22(2)20(23)19-18(14-7-5-4-6-8-14)16-10-9-15(24-3)13-17(16)25-19;/h4-10,13,21H,11-12H2,1-3H3;1H. The Bertz CT molecular complexity index is 877. The van der Waals surface area contributed by atoms with Crippen LogP contribution in [0.25, 0.3) is 22.1 Å². The monoisotopic (exact) mass is 374 g/mol. The molecule has 3 rings (SSSR count). The lowest BCUT2D eigenvalue weighted by atomic mass is 10.0. The van der Waals surface area contributed by atoms with Crippen molar-refractivity contribution in [3.63, 3.8) is 0 Å². The second-order valence-corrected chi connectivity index (χ2v) is 5.86. The normalized spacial score (nSPS) is 10.4. The molecular weight excluding hydrogens is 352 g/mol. The summed E-state index contributed by atoms with van der Waals surface area (Å²) in [5, 5.41) is 3.95. The third-order valence-corrected chi connectivity index (χ3v) is 4.20. The molecule has 1 N–H and O–H groups in total. The predicted molar refractivity (Wildman–Crippen MR) is 106 cm³/mol. The van der Waals surface area contributed by atoms with E-state index in [2.05, 4.69) is 5.32 Å². The third-order valence-electron chi connectivity index (χ3n) is 4.20. The molecule has 3 aromatic rings. The van der Waals surface area contributed by atoms with Crippen molar-refractivity contribution in [1.29, 1.82) is 0 Å². The highest BCUT2D eigenvalue weighted by atomic mass is 35.5. The maximum Gasteiger partial charge on any atom is 0.290 e. The molecule has 0 radical (unpaired) electrons. The Kier molecular flexibility index (Phi) is 6.66. The van der Waals surface area contributed by atoms with Crippen LogP contribution >= 0.6 is 12.4 Å². The molecule has 1 heterocycles. The highest BCUT2D eigenvalue weighted by Gasteiger charge is 2.24. The van der Waals surface area contributed by atoms with Crippen LogP contribution in [-0.2, 0) is 0 Å². The minimum Gasteiger partial charge on any atom is -0.497 e. The molecule has 0 unspecified atom stereocenters. The van der Waals surface area contributed by atoms with Crippen LogP contribution < -0.4 is 10.1 Å². The van der Waals surface area contributed by atoms with Gasteiger partial charge in [-0.1, -0.05) is 30.3 Å². The minimum absolute atomic E-state index is 0. The second kappa shape index (κ2) is 8.74. The molecule has 138 valence electrons. The van der Waals surface area contributed by atoms with E-state index in [1.54, 1.807) is 19.1 Å². The van der Waals surface area contributed by atoms with E-state index in [9.17, 15) is 4.79 Å². The Hall–Kier alpha value is -2.50. The summed E-state index contributed by atoms with van der Waals surface area (Å²) in [6.45, 7) is 1.32. The number of hydrogen-bond acceptors (Lipinski definition) is 4. The third kappa shape index (κ3) is 3.84. The summed E-state index contributed by atoms with van der Waals surface area (Å²) in [6, 6.07) is 15.5. The average molecular weight is 375 g/mol. The summed E-state index contributed by atoms with van der Waals surface area (Å²) >= 11 is 0. The largest absolute Gasteiger partial charge is 0.497 e. The van der Waals surface area contributed by atoms with Gasteiger partial charge >= 0.3 is 0 Å². The van der Waals surface area contributed by atoms with Crippen molar-refractivity contribution in [3.05, 3.63) is 54.3 Å². The van der Waals surface area contributed by atoms with Crippen LogP contribution in [0.1, 0.15) is 10.6 Å². The van der Waals surface area contributed by atoms with Gasteiger partial charge in [-0.25, -0.2) is 0 Å². The Morgan fingerprint density at radius 2 is 1.92 bits per heavy atom. The lowest BCUT2D eigenvalue weighted by Crippen LogP contribution is -2.32. The highest BCUT2D eigenvalue weighted by Crippen LogP contribution is 2.37. The summed E-state index contributed by atoms with van der Waals surface area (Å²) < 4.78 is 11.2. The Morgan fingerprint density at radius 3 is 2.58 bits per heavy atom. The van der Waals surface area contributed by atoms with Crippen LogP contribution in [0.15, 0.2) is 52.9 Å². The number of methoxy groups -OCH3 is 1. The molecule has 6 heteroatoms. The number of furan rings is 1. The van der Waals surface area contributed by atoms with E-state index in [-0.39, 0.29) is 18.3 Å². The van der Waals surface area contributed by atoms with Crippen molar-refractivity contribution in [2.75, 3.05) is 34.3 Å². The van der Waals surface area contributed by atoms with Crippen molar-refractivity contribution in [2.24, 2.45) is 0 Å². The molecule has 0 fully saturated rings. The van der Waals surface area contributed by atoms with Crippen molar-refractivity contribution < 1.29 is 13.9 Å². The molecule has 0 spiro atoms. The van der Waals surface area contributed by atoms with E-state index in [1.165, 1.54) is 0 Å². The SMILES string of the molecule is CNCCN(C)C(=O)c1oc2cc(OC)ccc2c1-c1ccccc1.Cl. The lowest BCUT2D eigenvalue weighted by molar-refractivity contribution is 0.0769. The van der Waals surface area contributed by atoms with E-state index in [0.717, 1.165) is 23.1 Å². The summed E-state index contributed by atoms with van der Waals surface area (Å²) in [7, 11) is 5.25. The molecule has 0 aliphatic carbocycles. The van der Waals surface area contributed by atoms with Crippen LogP contribution in [0.2, 0.25) is 0 Å². The number of amides is 1. The van der Waals surface area contributed by atoms with Crippen molar-refractivity contribution in [2.45, 2.75) is 0 Å². The average Bonchev–Trinajstić information content (AvgIpc) is 3.04. The van der Waals surface area contributed by atoms with Crippen LogP contribution in [0, 0.1) is 0 Å². The Balaban J connectivity index is 0.00000243. The zero-order valence-electron chi connectivity index (χ0n) is 15.1. The van der Waals surface area contributed by atoms with Gasteiger partial charge in [0.1, 0.15) is 11.3 Å². The molecule has 0 bridgehead atoms. The van der Waals surface area contributed by atoms with Gasteiger partial charge in [-0.2, -0.15) is 0 Å². The van der Waals surface area contributed by atoms with Gasteiger partial charge in [0.15, 0.2) is 0 Å². The fourth-order valence-electron chi connectivity index (χ4n) is 2.80. The number of nitrogens with zero attached hydrogens (tertiary/aromatic N) is 1. The fraction of sp³-hybridized carbons (Fsp3) is 0.250. The molecular formula is C20H23ClN2O3. The maximum atomic E-state index is 12.9. The van der Waals surface area contributed by atoms with E-state index in [0.29, 0.717) is 23.6 Å². The minimum atomic E-state index is -0.135. The number of nitrogens with one attached hydrogen (secondary N) is 1. The molecule has 0 aliphatic heterocycles. The van der Waals surface area contributed by atoms with Gasteiger partial charge in [0.2, 0.25) is 5.76 Å². The first-order chi connectivity index (χ1) is 12.2. The van der Waals surface area contributed by atoms with E-state index < -0.39 is 0 Å². The van der Waals surface area contributed by atoms with Gasteiger partial charge in [0, 0.05) is 37.2 Å². The topological polar surface area (TPSA) is 54.7 Å². The quantitative estimate of drug-likeness (QED) is 0.712. The highest BCUT2D eigenvalue weighted by molar-refractivity contribution is 6.08. The van der Waals surface area contributed by atoms with E-state index >= 15 is 0 Å². The van der Waals surface area contributed by atoms with E-state index in [4.69, 9.17) is 9.15 Å². The molecule has 0 atom stereocenters. The smallest absolute Gasteiger partial charge is 0.290 e. The number of carbonyl (C=O) groups is 1. The van der Waals surface area contributed by atoms with E-state index in [1.807, 2.05) is 55.6 Å². The molecule has 0 aliphatic rings. The number of hydrogen-bond donors (Lipinski definition) is 1. The molecule has 2 aromatic carbocycles. The first-order valence-corrected chi connectivity index (χ1v) is 8.21. The number of rotatable bonds is 6. The Morgan fingerprint density at radius 1 is 1.19 bits per heavy atom. The Labute approximate surface area is 159 Å². The summed E-state index contributed by atoms with van der Waals surface area (Å²) in [5.74, 6) is 0.917. The number of ether oxygens (including phenoxy) is 1. The number of halogens is 1. The number of benzene rings is 2. The maximum absolute atomic E-state index is 12.9. The van der Waals surface area contributed by atoms with Gasteiger partial charge in [-0.3, -0.25) is 4.79 Å². The first kappa shape index (κ1) is 19.8. The van der Waals surface area contributed by atoms with Gasteiger partial charge in [0.25, 0.3) is 5.91 Å². The molecule has 5 nitrogen and oxygen atoms in total. The number of likely N-dealkylation sites (N-methyl/N-ethyl adjacent to an activating group) is 2. The van der Waals surface area contributed by atoms with Crippen LogP contribution in [0.3, 0.4) is 0 Å². The van der Waals surface area contributed by atoms with Crippen molar-refractivity contribution >= 4 is 29.3 Å². The van der Waals surface area contributed by atoms with Crippen LogP contribution in [-0.4, -0.2) is 45.1 Å². The predicted octanol–water partition coefficient (Wildman–Crippen LogP) is 3.82. The summed E-state index contributed by atoms with van der Waals surface area (Å²) in [4.78, 5) is 14.6. The molecule has 0 saturated carbocycles. The first-order valence-electron chi connectivity index (χ1n) is 8.21. The van der Waals surface area contributed by atoms with Crippen molar-refractivity contribution in [1.82, 2.24) is 10.2 Å². The lowest BCUT2D eigenvalue weighted by Gasteiger charge is -2.16. The van der Waals surface area contributed by atoms with Crippen molar-refractivity contribution in [3.8, 4) is 16.9 Å². The molecule has 1 aromatic heterocycles.